The van der Waals surface area contributed by atoms with Crippen molar-refractivity contribution in [3.05, 3.63) is 518 Å². The van der Waals surface area contributed by atoms with Crippen LogP contribution in [0.5, 0.6) is 23.0 Å². The summed E-state index contributed by atoms with van der Waals surface area (Å²) in [4.78, 5) is 33.0. The van der Waals surface area contributed by atoms with Crippen LogP contribution >= 0.6 is 0 Å². The van der Waals surface area contributed by atoms with E-state index in [1.54, 1.807) is 0 Å². The Morgan fingerprint density at radius 2 is 0.514 bits per heavy atom. The number of nitrogens with zero attached hydrogens (tertiary/aromatic N) is 6. The van der Waals surface area contributed by atoms with E-state index < -0.39 is 27.0 Å². The molecule has 2 unspecified atom stereocenters. The smallest absolute Gasteiger partial charge is 0.164 e. The lowest BCUT2D eigenvalue weighted by atomic mass is 9.65. The summed E-state index contributed by atoms with van der Waals surface area (Å²) in [7, 11) is -5.70. The topological polar surface area (TPSA) is 95.8 Å². The molecular weight excluding hydrogens is 1810 g/mol. The molecular formula is C136H90N6O2Si2. The van der Waals surface area contributed by atoms with E-state index in [4.69, 9.17) is 39.4 Å². The van der Waals surface area contributed by atoms with E-state index in [-0.39, 0.29) is 0 Å². The van der Waals surface area contributed by atoms with E-state index in [9.17, 15) is 0 Å². The normalized spacial score (nSPS) is 15.3. The van der Waals surface area contributed by atoms with Crippen LogP contribution in [0.1, 0.15) is 44.5 Å². The van der Waals surface area contributed by atoms with Crippen LogP contribution in [0.15, 0.2) is 473 Å². The second-order valence-corrected chi connectivity index (χ2v) is 49.0. The molecule has 21 aromatic carbocycles. The number of ether oxygens (including phenoxy) is 2. The first kappa shape index (κ1) is 84.8. The third kappa shape index (κ3) is 12.8. The summed E-state index contributed by atoms with van der Waals surface area (Å²) in [6.45, 7) is 10.2. The Morgan fingerprint density at radius 3 is 1.14 bits per heavy atom. The maximum atomic E-state index is 7.95. The molecule has 0 N–H and O–H groups in total. The van der Waals surface area contributed by atoms with Crippen molar-refractivity contribution in [1.82, 2.24) is 29.9 Å². The fourth-order valence-electron chi connectivity index (χ4n) is 25.5. The Morgan fingerprint density at radius 1 is 0.164 bits per heavy atom. The summed E-state index contributed by atoms with van der Waals surface area (Å²) >= 11 is 0. The number of hydrogen-bond acceptors (Lipinski definition) is 8. The van der Waals surface area contributed by atoms with Gasteiger partial charge in [-0.1, -0.05) is 451 Å². The van der Waals surface area contributed by atoms with Gasteiger partial charge < -0.3 is 9.47 Å². The molecule has 23 aromatic rings. The van der Waals surface area contributed by atoms with E-state index in [2.05, 4.69) is 481 Å². The van der Waals surface area contributed by atoms with Gasteiger partial charge in [0.25, 0.3) is 0 Å². The fraction of sp³-hybridized carbons (Fsp3) is 0.0441. The molecule has 4 aliphatic heterocycles. The van der Waals surface area contributed by atoms with Crippen molar-refractivity contribution in [1.29, 1.82) is 0 Å². The van der Waals surface area contributed by atoms with Crippen LogP contribution < -0.4 is 30.2 Å². The van der Waals surface area contributed by atoms with Gasteiger partial charge in [0.15, 0.2) is 34.9 Å². The average Bonchev–Trinajstić information content (AvgIpc) is 1.50. The summed E-state index contributed by atoms with van der Waals surface area (Å²) in [6.07, 6.45) is 0. The highest BCUT2D eigenvalue weighted by Crippen LogP contribution is 2.67. The predicted molar refractivity (Wildman–Crippen MR) is 601 cm³/mol. The first-order valence-corrected chi connectivity index (χ1v) is 56.3. The minimum atomic E-state index is -3.03. The molecule has 146 heavy (non-hydrogen) atoms. The van der Waals surface area contributed by atoms with Crippen LogP contribution in [0.3, 0.4) is 0 Å². The zero-order valence-electron chi connectivity index (χ0n) is 80.5. The first-order chi connectivity index (χ1) is 71.9. The number of rotatable bonds is 13. The molecule has 29 rings (SSSR count). The van der Waals surface area contributed by atoms with E-state index in [1.807, 2.05) is 18.2 Å². The molecule has 0 amide bonds. The Balaban J connectivity index is 0.639. The van der Waals surface area contributed by atoms with Gasteiger partial charge in [0, 0.05) is 55.6 Å². The van der Waals surface area contributed by atoms with E-state index in [1.165, 1.54) is 109 Å². The van der Waals surface area contributed by atoms with E-state index >= 15 is 0 Å². The van der Waals surface area contributed by atoms with Crippen molar-refractivity contribution >= 4 is 47.7 Å². The molecule has 0 bridgehead atoms. The highest BCUT2D eigenvalue weighted by molar-refractivity contribution is 7.06. The molecule has 8 nitrogen and oxygen atoms in total. The number of hydrogen-bond donors (Lipinski definition) is 0. The number of fused-ring (bicyclic) bond motifs is 25. The maximum Gasteiger partial charge on any atom is 0.164 e. The monoisotopic (exact) mass is 1890 g/mol. The molecule has 0 radical (unpaired) electrons. The van der Waals surface area contributed by atoms with Gasteiger partial charge in [-0.05, 0) is 225 Å². The van der Waals surface area contributed by atoms with Crippen LogP contribution in [0.25, 0.3) is 201 Å². The Kier molecular flexibility index (Phi) is 19.0. The summed E-state index contributed by atoms with van der Waals surface area (Å²) in [5, 5.41) is 7.71. The Hall–Kier alpha value is -18.1. The minimum Gasteiger partial charge on any atom is -0.457 e. The van der Waals surface area contributed by atoms with Crippen molar-refractivity contribution in [3.8, 4) is 214 Å². The molecule has 0 fully saturated rings. The van der Waals surface area contributed by atoms with Gasteiger partial charge in [0.05, 0.1) is 10.8 Å². The van der Waals surface area contributed by atoms with Gasteiger partial charge in [-0.25, -0.2) is 29.9 Å². The van der Waals surface area contributed by atoms with Gasteiger partial charge >= 0.3 is 0 Å². The molecule has 0 saturated heterocycles. The third-order valence-corrected chi connectivity index (χ3v) is 39.0. The quantitative estimate of drug-likeness (QED) is 0.105. The zero-order valence-corrected chi connectivity index (χ0v) is 82.5. The lowest BCUT2D eigenvalue weighted by Gasteiger charge is -2.40. The molecule has 2 aliphatic carbocycles. The van der Waals surface area contributed by atoms with Crippen LogP contribution in [0.4, 0.5) is 0 Å². The van der Waals surface area contributed by atoms with Gasteiger partial charge in [-0.3, -0.25) is 0 Å². The van der Waals surface area contributed by atoms with Crippen LogP contribution in [-0.4, -0.2) is 46.1 Å². The highest BCUT2D eigenvalue weighted by atomic mass is 28.3. The van der Waals surface area contributed by atoms with Crippen molar-refractivity contribution in [2.24, 2.45) is 0 Å². The highest BCUT2D eigenvalue weighted by Gasteiger charge is 2.56. The molecule has 10 heteroatoms. The van der Waals surface area contributed by atoms with Crippen molar-refractivity contribution in [2.45, 2.75) is 37.0 Å². The lowest BCUT2D eigenvalue weighted by molar-refractivity contribution is 0.436. The summed E-state index contributed by atoms with van der Waals surface area (Å²) in [5.74, 6) is 6.90. The van der Waals surface area contributed by atoms with Gasteiger partial charge in [-0.2, -0.15) is 0 Å². The number of aromatic nitrogens is 6. The summed E-state index contributed by atoms with van der Waals surface area (Å²) in [5.41, 5.74) is 38.3. The van der Waals surface area contributed by atoms with Crippen LogP contribution in [-0.2, 0) is 10.8 Å². The molecule has 0 saturated carbocycles. The van der Waals surface area contributed by atoms with Gasteiger partial charge in [0.1, 0.15) is 39.1 Å². The first-order valence-electron chi connectivity index (χ1n) is 50.3. The SMILES string of the molecule is C[Si]1(C)c2ccccc2-c2c(-c3nc(-c4ccccc4)nc(-c4ccc(-c5ccccc5)cc4)n3)ccc(-c3cccc4c3-c3cc(-c5ccccc5)ccc3C43c4ccc(-c5ccccc5)cc4Oc4cc(-c5ccc(-c6nc(-c7ccccc7)nc(-c7ccccc7)n6)c6c5-c5cccc(-c7ccc8c(c7)Oc7ccccc7C87c8ccccc8-c8ccc(-c9ccc%10ccccc%10c9)cc87)c5[Si]6(C)C)ccc43)c21. The number of para-hydroxylation sites is 1. The third-order valence-electron chi connectivity index (χ3n) is 31.9. The molecule has 2 spiro atoms. The summed E-state index contributed by atoms with van der Waals surface area (Å²) < 4.78 is 15.4. The van der Waals surface area contributed by atoms with Crippen LogP contribution in [0, 0.1) is 0 Å². The maximum absolute atomic E-state index is 7.95. The fourth-order valence-corrected chi connectivity index (χ4v) is 32.7. The summed E-state index contributed by atoms with van der Waals surface area (Å²) in [6, 6.07) is 174. The molecule has 684 valence electrons. The van der Waals surface area contributed by atoms with E-state index in [0.29, 0.717) is 34.9 Å². The Bertz CT molecular complexity index is 9370. The number of benzene rings is 21. The average molecular weight is 1900 g/mol. The lowest BCUT2D eigenvalue weighted by Crippen LogP contribution is -2.51. The standard InChI is InChI=1S/C136H90N6O2Si2/c1-145(2)122-56-30-26-48-105(122)125-107(133-139-129(88-40-17-8-18-41-88)138-132(140-133)91-60-57-87(58-61-91)83-33-11-5-12-34-83)71-70-104(127(125)145)103-50-32-54-116-123(103)109-78-94(84-35-13-6-14-36-84)64-73-111(109)135(116)113-74-65-96(85-37-15-7-16-38-85)80-119(113)144-121-81-97(66-75-114(121)135)99-69-72-108(134-141-130(89-42-19-9-20-43-89)137-131(142-134)90-44-21-10-22-45-90)128-124(99)106-51-31-49-100(126(106)146(128,3)4)98-67-76-115-120(82-98)143-118-55-29-28-53-112(118)136(115)110-52-27-25-47-101(110)102-68-63-95(79-117(102)136)93-62-59-86-39-23-24-46-92(86)77-93/h5-82H,1-4H3. The van der Waals surface area contributed by atoms with E-state index in [0.717, 1.165) is 145 Å². The van der Waals surface area contributed by atoms with Gasteiger partial charge in [0.2, 0.25) is 0 Å². The van der Waals surface area contributed by atoms with Crippen molar-refractivity contribution < 1.29 is 9.47 Å². The predicted octanol–water partition coefficient (Wildman–Crippen LogP) is 31.4. The minimum absolute atomic E-state index is 0.604. The molecule has 6 heterocycles. The zero-order chi connectivity index (χ0) is 96.8. The van der Waals surface area contributed by atoms with Crippen LogP contribution in [0.2, 0.25) is 26.2 Å². The van der Waals surface area contributed by atoms with Crippen molar-refractivity contribution in [3.63, 3.8) is 0 Å². The molecule has 6 aliphatic rings. The second-order valence-electron chi connectivity index (χ2n) is 40.4. The second kappa shape index (κ2) is 32.7. The Labute approximate surface area is 849 Å². The molecule has 2 atom stereocenters. The largest absolute Gasteiger partial charge is 0.457 e. The van der Waals surface area contributed by atoms with Gasteiger partial charge in [-0.15, -0.1) is 0 Å². The van der Waals surface area contributed by atoms with Crippen molar-refractivity contribution in [2.75, 3.05) is 0 Å². The molecule has 2 aromatic heterocycles.